The largest absolute Gasteiger partial charge is 0.305 e. The quantitative estimate of drug-likeness (QED) is 0.842. The average molecular weight is 304 g/mol. The SMILES string of the molecule is Cc1cccc(C2=N/C(=C\c3c(C)cc(C)cc3C)C(=O)N2)c1. The van der Waals surface area contributed by atoms with Crippen molar-refractivity contribution < 1.29 is 4.79 Å². The van der Waals surface area contributed by atoms with Gasteiger partial charge < -0.3 is 5.32 Å². The van der Waals surface area contributed by atoms with Crippen LogP contribution in [0.1, 0.15) is 33.4 Å². The van der Waals surface area contributed by atoms with Crippen molar-refractivity contribution >= 4 is 17.8 Å². The molecule has 23 heavy (non-hydrogen) atoms. The second kappa shape index (κ2) is 5.84. The summed E-state index contributed by atoms with van der Waals surface area (Å²) in [5, 5.41) is 2.86. The average Bonchev–Trinajstić information content (AvgIpc) is 2.84. The molecule has 0 fully saturated rings. The molecule has 0 bridgehead atoms. The molecule has 0 spiro atoms. The Bertz CT molecular complexity index is 837. The number of amidine groups is 1. The Morgan fingerprint density at radius 1 is 0.957 bits per heavy atom. The van der Waals surface area contributed by atoms with Crippen LogP contribution in [0.3, 0.4) is 0 Å². The van der Waals surface area contributed by atoms with E-state index < -0.39 is 0 Å². The first-order valence-electron chi connectivity index (χ1n) is 7.70. The zero-order chi connectivity index (χ0) is 16.6. The number of aliphatic imine (C=N–C) groups is 1. The number of aryl methyl sites for hydroxylation is 4. The maximum absolute atomic E-state index is 12.2. The highest BCUT2D eigenvalue weighted by molar-refractivity contribution is 6.19. The summed E-state index contributed by atoms with van der Waals surface area (Å²) in [6, 6.07) is 12.2. The van der Waals surface area contributed by atoms with Gasteiger partial charge in [-0.05, 0) is 56.5 Å². The molecule has 0 atom stereocenters. The third kappa shape index (κ3) is 3.09. The molecule has 1 aliphatic rings. The van der Waals surface area contributed by atoms with Crippen molar-refractivity contribution in [1.29, 1.82) is 0 Å². The molecule has 3 rings (SSSR count). The van der Waals surface area contributed by atoms with E-state index in [0.717, 1.165) is 27.8 Å². The minimum absolute atomic E-state index is 0.152. The van der Waals surface area contributed by atoms with Gasteiger partial charge in [0.1, 0.15) is 11.5 Å². The molecule has 2 aromatic carbocycles. The summed E-state index contributed by atoms with van der Waals surface area (Å²) in [6.07, 6.45) is 1.88. The van der Waals surface area contributed by atoms with E-state index in [-0.39, 0.29) is 5.91 Å². The summed E-state index contributed by atoms with van der Waals surface area (Å²) < 4.78 is 0. The summed E-state index contributed by atoms with van der Waals surface area (Å²) in [7, 11) is 0. The molecule has 3 heteroatoms. The maximum atomic E-state index is 12.2. The van der Waals surface area contributed by atoms with Crippen LogP contribution in [-0.2, 0) is 4.79 Å². The molecule has 0 saturated carbocycles. The van der Waals surface area contributed by atoms with Gasteiger partial charge in [-0.1, -0.05) is 41.5 Å². The maximum Gasteiger partial charge on any atom is 0.275 e. The van der Waals surface area contributed by atoms with Crippen LogP contribution in [0.2, 0.25) is 0 Å². The summed E-state index contributed by atoms with van der Waals surface area (Å²) >= 11 is 0. The molecule has 2 aromatic rings. The van der Waals surface area contributed by atoms with Crippen molar-refractivity contribution in [3.8, 4) is 0 Å². The zero-order valence-electron chi connectivity index (χ0n) is 13.9. The van der Waals surface area contributed by atoms with Gasteiger partial charge in [0, 0.05) is 5.56 Å². The third-order valence-corrected chi connectivity index (χ3v) is 4.01. The van der Waals surface area contributed by atoms with Crippen molar-refractivity contribution in [2.45, 2.75) is 27.7 Å². The lowest BCUT2D eigenvalue weighted by molar-refractivity contribution is -0.115. The van der Waals surface area contributed by atoms with Gasteiger partial charge in [0.2, 0.25) is 0 Å². The normalized spacial score (nSPS) is 15.7. The van der Waals surface area contributed by atoms with Crippen LogP contribution in [0.25, 0.3) is 6.08 Å². The van der Waals surface area contributed by atoms with E-state index >= 15 is 0 Å². The Morgan fingerprint density at radius 3 is 2.30 bits per heavy atom. The predicted molar refractivity (Wildman–Crippen MR) is 94.5 cm³/mol. The standard InChI is InChI=1S/C20H20N2O/c1-12-6-5-7-16(10-12)19-21-18(20(23)22-19)11-17-14(3)8-13(2)9-15(17)4/h5-11H,1-4H3,(H,21,22,23)/b18-11-. The second-order valence-corrected chi connectivity index (χ2v) is 6.13. The fourth-order valence-electron chi connectivity index (χ4n) is 2.95. The first-order valence-corrected chi connectivity index (χ1v) is 7.70. The van der Waals surface area contributed by atoms with Crippen LogP contribution >= 0.6 is 0 Å². The van der Waals surface area contributed by atoms with Gasteiger partial charge in [-0.25, -0.2) is 4.99 Å². The van der Waals surface area contributed by atoms with Gasteiger partial charge in [0.05, 0.1) is 0 Å². The van der Waals surface area contributed by atoms with Crippen molar-refractivity contribution in [3.63, 3.8) is 0 Å². The molecule has 116 valence electrons. The van der Waals surface area contributed by atoms with E-state index in [1.807, 2.05) is 37.3 Å². The smallest absolute Gasteiger partial charge is 0.275 e. The van der Waals surface area contributed by atoms with Gasteiger partial charge in [-0.15, -0.1) is 0 Å². The fourth-order valence-corrected chi connectivity index (χ4v) is 2.95. The number of rotatable bonds is 2. The number of amides is 1. The van der Waals surface area contributed by atoms with E-state index in [4.69, 9.17) is 0 Å². The summed E-state index contributed by atoms with van der Waals surface area (Å²) in [4.78, 5) is 16.7. The number of nitrogens with one attached hydrogen (secondary N) is 1. The third-order valence-electron chi connectivity index (χ3n) is 4.01. The molecule has 0 radical (unpaired) electrons. The molecular formula is C20H20N2O. The van der Waals surface area contributed by atoms with Crippen LogP contribution in [0.4, 0.5) is 0 Å². The first kappa shape index (κ1) is 15.2. The highest BCUT2D eigenvalue weighted by Gasteiger charge is 2.21. The Labute approximate surface area is 136 Å². The Hall–Kier alpha value is -2.68. The van der Waals surface area contributed by atoms with Crippen LogP contribution < -0.4 is 5.32 Å². The van der Waals surface area contributed by atoms with E-state index in [9.17, 15) is 4.79 Å². The highest BCUT2D eigenvalue weighted by atomic mass is 16.2. The number of hydrogen-bond donors (Lipinski definition) is 1. The molecule has 0 saturated heterocycles. The molecule has 0 unspecified atom stereocenters. The van der Waals surface area contributed by atoms with Gasteiger partial charge in [-0.2, -0.15) is 0 Å². The minimum Gasteiger partial charge on any atom is -0.305 e. The zero-order valence-corrected chi connectivity index (χ0v) is 13.9. The highest BCUT2D eigenvalue weighted by Crippen LogP contribution is 2.22. The lowest BCUT2D eigenvalue weighted by atomic mass is 9.99. The Kier molecular flexibility index (Phi) is 3.87. The number of carbonyl (C=O) groups is 1. The van der Waals surface area contributed by atoms with Crippen LogP contribution in [0.5, 0.6) is 0 Å². The fraction of sp³-hybridized carbons (Fsp3) is 0.200. The van der Waals surface area contributed by atoms with Crippen molar-refractivity contribution in [2.24, 2.45) is 4.99 Å². The van der Waals surface area contributed by atoms with Crippen LogP contribution in [0.15, 0.2) is 47.1 Å². The summed E-state index contributed by atoms with van der Waals surface area (Å²) in [5.74, 6) is 0.466. The molecule has 1 amide bonds. The lowest BCUT2D eigenvalue weighted by Crippen LogP contribution is -2.24. The molecule has 1 N–H and O–H groups in total. The molecule has 1 aliphatic heterocycles. The summed E-state index contributed by atoms with van der Waals surface area (Å²) in [6.45, 7) is 8.22. The van der Waals surface area contributed by atoms with Crippen LogP contribution in [0, 0.1) is 27.7 Å². The van der Waals surface area contributed by atoms with Crippen molar-refractivity contribution in [3.05, 3.63) is 75.5 Å². The minimum atomic E-state index is -0.152. The first-order chi connectivity index (χ1) is 10.9. The van der Waals surface area contributed by atoms with Crippen LogP contribution in [-0.4, -0.2) is 11.7 Å². The molecule has 0 aliphatic carbocycles. The number of hydrogen-bond acceptors (Lipinski definition) is 2. The lowest BCUT2D eigenvalue weighted by Gasteiger charge is -2.07. The monoisotopic (exact) mass is 304 g/mol. The second-order valence-electron chi connectivity index (χ2n) is 6.13. The number of carbonyl (C=O) groups excluding carboxylic acids is 1. The summed E-state index contributed by atoms with van der Waals surface area (Å²) in [5.41, 5.74) is 7.12. The van der Waals surface area contributed by atoms with Gasteiger partial charge in [0.15, 0.2) is 0 Å². The van der Waals surface area contributed by atoms with E-state index in [1.165, 1.54) is 5.56 Å². The Balaban J connectivity index is 2.02. The molecule has 0 aromatic heterocycles. The van der Waals surface area contributed by atoms with Crippen molar-refractivity contribution in [2.75, 3.05) is 0 Å². The van der Waals surface area contributed by atoms with Gasteiger partial charge in [-0.3, -0.25) is 4.79 Å². The predicted octanol–water partition coefficient (Wildman–Crippen LogP) is 3.84. The number of nitrogens with zero attached hydrogens (tertiary/aromatic N) is 1. The molecule has 3 nitrogen and oxygen atoms in total. The molecule has 1 heterocycles. The van der Waals surface area contributed by atoms with E-state index in [2.05, 4.69) is 43.2 Å². The topological polar surface area (TPSA) is 41.5 Å². The van der Waals surface area contributed by atoms with E-state index in [1.54, 1.807) is 0 Å². The van der Waals surface area contributed by atoms with Gasteiger partial charge >= 0.3 is 0 Å². The van der Waals surface area contributed by atoms with Gasteiger partial charge in [0.25, 0.3) is 5.91 Å². The number of benzene rings is 2. The van der Waals surface area contributed by atoms with E-state index in [0.29, 0.717) is 11.5 Å². The molecular weight excluding hydrogens is 284 g/mol. The van der Waals surface area contributed by atoms with Crippen molar-refractivity contribution in [1.82, 2.24) is 5.32 Å². The Morgan fingerprint density at radius 2 is 1.65 bits per heavy atom.